The summed E-state index contributed by atoms with van der Waals surface area (Å²) in [5.74, 6) is 0.693. The summed E-state index contributed by atoms with van der Waals surface area (Å²) in [5, 5.41) is 2.17. The zero-order chi connectivity index (χ0) is 19.5. The van der Waals surface area contributed by atoms with E-state index in [-0.39, 0.29) is 17.7 Å². The molecule has 2 amide bonds. The number of piperidine rings is 1. The summed E-state index contributed by atoms with van der Waals surface area (Å²) in [4.78, 5) is 33.0. The Hall–Kier alpha value is -1.44. The Bertz CT molecular complexity index is 693. The third-order valence-corrected chi connectivity index (χ3v) is 7.42. The summed E-state index contributed by atoms with van der Waals surface area (Å²) in [6.07, 6.45) is 2.65. The maximum atomic E-state index is 12.7. The van der Waals surface area contributed by atoms with Gasteiger partial charge in [-0.15, -0.1) is 11.3 Å². The average Bonchev–Trinajstić information content (AvgIpc) is 3.29. The molecule has 0 aliphatic carbocycles. The van der Waals surface area contributed by atoms with Crippen LogP contribution in [0.3, 0.4) is 0 Å². The third kappa shape index (κ3) is 4.58. The minimum absolute atomic E-state index is 0.139. The minimum Gasteiger partial charge on any atom is -0.378 e. The van der Waals surface area contributed by atoms with Crippen LogP contribution in [0.15, 0.2) is 11.4 Å². The molecule has 1 aromatic heterocycles. The predicted octanol–water partition coefficient (Wildman–Crippen LogP) is 1.98. The zero-order valence-corrected chi connectivity index (χ0v) is 17.6. The molecule has 0 spiro atoms. The number of aryl methyl sites for hydroxylation is 1. The van der Waals surface area contributed by atoms with E-state index in [0.29, 0.717) is 45.2 Å². The van der Waals surface area contributed by atoms with Gasteiger partial charge in [0.2, 0.25) is 11.8 Å². The third-order valence-electron chi connectivity index (χ3n) is 6.41. The summed E-state index contributed by atoms with van der Waals surface area (Å²) in [6.45, 7) is 9.39. The Labute approximate surface area is 171 Å². The number of hydrogen-bond acceptors (Lipinski definition) is 5. The van der Waals surface area contributed by atoms with Crippen LogP contribution in [-0.2, 0) is 20.9 Å². The molecule has 1 atom stereocenters. The first-order valence-electron chi connectivity index (χ1n) is 10.5. The minimum atomic E-state index is -0.160. The first kappa shape index (κ1) is 19.9. The molecule has 3 aliphatic heterocycles. The quantitative estimate of drug-likeness (QED) is 0.752. The summed E-state index contributed by atoms with van der Waals surface area (Å²) < 4.78 is 5.33. The Morgan fingerprint density at radius 1 is 1.21 bits per heavy atom. The number of likely N-dealkylation sites (tertiary alicyclic amines) is 2. The Morgan fingerprint density at radius 2 is 1.96 bits per heavy atom. The van der Waals surface area contributed by atoms with Gasteiger partial charge in [0.05, 0.1) is 19.1 Å². The molecule has 0 aromatic carbocycles. The number of amides is 2. The molecule has 0 saturated carbocycles. The average molecular weight is 406 g/mol. The largest absolute Gasteiger partial charge is 0.378 e. The van der Waals surface area contributed by atoms with Crippen LogP contribution in [0.2, 0.25) is 0 Å². The van der Waals surface area contributed by atoms with Gasteiger partial charge in [0.15, 0.2) is 0 Å². The molecule has 3 fully saturated rings. The normalized spacial score (nSPS) is 24.9. The van der Waals surface area contributed by atoms with Crippen molar-refractivity contribution < 1.29 is 14.3 Å². The lowest BCUT2D eigenvalue weighted by atomic mass is 9.96. The van der Waals surface area contributed by atoms with E-state index >= 15 is 0 Å². The Kier molecular flexibility index (Phi) is 6.33. The Morgan fingerprint density at radius 3 is 2.64 bits per heavy atom. The fourth-order valence-corrected chi connectivity index (χ4v) is 5.51. The van der Waals surface area contributed by atoms with Crippen molar-refractivity contribution in [2.75, 3.05) is 52.5 Å². The standard InChI is InChI=1S/C21H31N3O3S/c1-16-4-11-28-19(16)15-22-5-2-17(3-6-22)13-24-14-18(12-20(24)25)21(26)23-7-9-27-10-8-23/h4,11,17-18H,2-3,5-10,12-15H2,1H3. The number of carbonyl (C=O) groups is 2. The van der Waals surface area contributed by atoms with Crippen LogP contribution in [0.1, 0.15) is 29.7 Å². The molecular formula is C21H31N3O3S. The lowest BCUT2D eigenvalue weighted by Crippen LogP contribution is -2.44. The number of carbonyl (C=O) groups excluding carboxylic acids is 2. The molecule has 3 saturated heterocycles. The van der Waals surface area contributed by atoms with Gasteiger partial charge in [-0.2, -0.15) is 0 Å². The van der Waals surface area contributed by atoms with Gasteiger partial charge in [0, 0.05) is 44.0 Å². The molecule has 4 heterocycles. The fourth-order valence-electron chi connectivity index (χ4n) is 4.56. The highest BCUT2D eigenvalue weighted by Crippen LogP contribution is 2.27. The van der Waals surface area contributed by atoms with E-state index in [0.717, 1.165) is 39.0 Å². The molecule has 6 nitrogen and oxygen atoms in total. The van der Waals surface area contributed by atoms with E-state index in [4.69, 9.17) is 4.74 Å². The van der Waals surface area contributed by atoms with Crippen LogP contribution in [-0.4, -0.2) is 79.0 Å². The van der Waals surface area contributed by atoms with E-state index in [1.807, 2.05) is 21.1 Å². The van der Waals surface area contributed by atoms with Crippen LogP contribution >= 0.6 is 11.3 Å². The summed E-state index contributed by atoms with van der Waals surface area (Å²) in [5.41, 5.74) is 1.39. The molecular weight excluding hydrogens is 374 g/mol. The molecule has 1 unspecified atom stereocenters. The lowest BCUT2D eigenvalue weighted by molar-refractivity contribution is -0.139. The number of hydrogen-bond donors (Lipinski definition) is 0. The number of nitrogens with zero attached hydrogens (tertiary/aromatic N) is 3. The monoisotopic (exact) mass is 405 g/mol. The zero-order valence-electron chi connectivity index (χ0n) is 16.8. The molecule has 1 aromatic rings. The van der Waals surface area contributed by atoms with Crippen LogP contribution in [0.25, 0.3) is 0 Å². The molecule has 0 radical (unpaired) electrons. The van der Waals surface area contributed by atoms with Crippen molar-refractivity contribution in [1.29, 1.82) is 0 Å². The number of morpholine rings is 1. The van der Waals surface area contributed by atoms with Crippen molar-refractivity contribution in [3.05, 3.63) is 21.9 Å². The van der Waals surface area contributed by atoms with Crippen molar-refractivity contribution in [3.8, 4) is 0 Å². The molecule has 7 heteroatoms. The van der Waals surface area contributed by atoms with Crippen molar-refractivity contribution in [2.24, 2.45) is 11.8 Å². The van der Waals surface area contributed by atoms with Crippen LogP contribution in [0.5, 0.6) is 0 Å². The lowest BCUT2D eigenvalue weighted by Gasteiger charge is -2.34. The van der Waals surface area contributed by atoms with Crippen molar-refractivity contribution in [1.82, 2.24) is 14.7 Å². The SMILES string of the molecule is Cc1ccsc1CN1CCC(CN2CC(C(=O)N3CCOCC3)CC2=O)CC1. The molecule has 3 aliphatic rings. The van der Waals surface area contributed by atoms with Crippen LogP contribution in [0.4, 0.5) is 0 Å². The van der Waals surface area contributed by atoms with Crippen LogP contribution in [0, 0.1) is 18.8 Å². The molecule has 154 valence electrons. The number of ether oxygens (including phenoxy) is 1. The molecule has 0 bridgehead atoms. The first-order chi connectivity index (χ1) is 13.6. The van der Waals surface area contributed by atoms with Gasteiger partial charge in [-0.05, 0) is 55.8 Å². The first-order valence-corrected chi connectivity index (χ1v) is 11.4. The molecule has 28 heavy (non-hydrogen) atoms. The van der Waals surface area contributed by atoms with Crippen molar-refractivity contribution in [2.45, 2.75) is 32.7 Å². The maximum absolute atomic E-state index is 12.7. The van der Waals surface area contributed by atoms with E-state index in [2.05, 4.69) is 23.3 Å². The fraction of sp³-hybridized carbons (Fsp3) is 0.714. The van der Waals surface area contributed by atoms with Crippen molar-refractivity contribution >= 4 is 23.2 Å². The molecule has 0 N–H and O–H groups in total. The summed E-state index contributed by atoms with van der Waals surface area (Å²) >= 11 is 1.85. The van der Waals surface area contributed by atoms with Gasteiger partial charge in [-0.1, -0.05) is 0 Å². The van der Waals surface area contributed by atoms with Crippen LogP contribution < -0.4 is 0 Å². The molecule has 4 rings (SSSR count). The highest BCUT2D eigenvalue weighted by atomic mass is 32.1. The van der Waals surface area contributed by atoms with Gasteiger partial charge in [-0.25, -0.2) is 0 Å². The van der Waals surface area contributed by atoms with Gasteiger partial charge in [0.1, 0.15) is 0 Å². The second-order valence-corrected chi connectivity index (χ2v) is 9.38. The van der Waals surface area contributed by atoms with Gasteiger partial charge >= 0.3 is 0 Å². The van der Waals surface area contributed by atoms with E-state index in [9.17, 15) is 9.59 Å². The second-order valence-electron chi connectivity index (χ2n) is 8.38. The second kappa shape index (κ2) is 8.93. The Balaban J connectivity index is 1.23. The smallest absolute Gasteiger partial charge is 0.228 e. The van der Waals surface area contributed by atoms with E-state index < -0.39 is 0 Å². The maximum Gasteiger partial charge on any atom is 0.228 e. The number of thiophene rings is 1. The summed E-state index contributed by atoms with van der Waals surface area (Å²) in [6, 6.07) is 2.19. The van der Waals surface area contributed by atoms with E-state index in [1.165, 1.54) is 10.4 Å². The van der Waals surface area contributed by atoms with E-state index in [1.54, 1.807) is 0 Å². The highest BCUT2D eigenvalue weighted by molar-refractivity contribution is 7.10. The highest BCUT2D eigenvalue weighted by Gasteiger charge is 2.37. The number of rotatable bonds is 5. The van der Waals surface area contributed by atoms with Gasteiger partial charge in [0.25, 0.3) is 0 Å². The predicted molar refractivity (Wildman–Crippen MR) is 109 cm³/mol. The topological polar surface area (TPSA) is 53.1 Å². The van der Waals surface area contributed by atoms with Gasteiger partial charge < -0.3 is 14.5 Å². The van der Waals surface area contributed by atoms with Crippen molar-refractivity contribution in [3.63, 3.8) is 0 Å². The summed E-state index contributed by atoms with van der Waals surface area (Å²) in [7, 11) is 0. The van der Waals surface area contributed by atoms with Gasteiger partial charge in [-0.3, -0.25) is 14.5 Å².